The third kappa shape index (κ3) is 49.5. The first-order valence-corrected chi connectivity index (χ1v) is 28.8. The lowest BCUT2D eigenvalue weighted by Gasteiger charge is -2.23. The van der Waals surface area contributed by atoms with Gasteiger partial charge in [0.1, 0.15) is 6.10 Å². The van der Waals surface area contributed by atoms with Crippen LogP contribution in [0.2, 0.25) is 0 Å². The summed E-state index contributed by atoms with van der Waals surface area (Å²) in [5.41, 5.74) is 0. The van der Waals surface area contributed by atoms with Gasteiger partial charge in [-0.2, -0.15) is 0 Å². The summed E-state index contributed by atoms with van der Waals surface area (Å²) in [5.74, 6) is -0.629. The van der Waals surface area contributed by atoms with Gasteiger partial charge in [0.25, 0.3) is 0 Å². The first kappa shape index (κ1) is 65.0. The van der Waals surface area contributed by atoms with Gasteiger partial charge in [-0.15, -0.1) is 0 Å². The Morgan fingerprint density at radius 2 is 0.824 bits per heavy atom. The summed E-state index contributed by atoms with van der Waals surface area (Å²) in [5, 5.41) is 23.8. The number of carbonyl (C=O) groups excluding carboxylic acids is 2. The monoisotopic (exact) mass is 948 g/mol. The number of amides is 1. The molecule has 0 spiro atoms. The Labute approximate surface area is 421 Å². The Morgan fingerprint density at radius 3 is 1.24 bits per heavy atom. The molecule has 0 aliphatic carbocycles. The largest absolute Gasteiger partial charge is 0.458 e. The summed E-state index contributed by atoms with van der Waals surface area (Å²) >= 11 is 0. The maximum Gasteiger partial charge on any atom is 0.306 e. The van der Waals surface area contributed by atoms with Crippen molar-refractivity contribution in [1.29, 1.82) is 0 Å². The zero-order chi connectivity index (χ0) is 49.5. The number of aliphatic hydroxyl groups is 2. The van der Waals surface area contributed by atoms with E-state index in [-0.39, 0.29) is 24.9 Å². The van der Waals surface area contributed by atoms with Crippen molar-refractivity contribution in [3.05, 3.63) is 85.1 Å². The minimum Gasteiger partial charge on any atom is -0.458 e. The molecule has 0 saturated heterocycles. The summed E-state index contributed by atoms with van der Waals surface area (Å²) in [6.45, 7) is 6.34. The molecule has 0 bridgehead atoms. The zero-order valence-corrected chi connectivity index (χ0v) is 44.7. The quantitative estimate of drug-likeness (QED) is 0.0321. The topological polar surface area (TPSA) is 95.9 Å². The van der Waals surface area contributed by atoms with Crippen molar-refractivity contribution in [2.45, 2.75) is 289 Å². The molecule has 3 unspecified atom stereocenters. The third-order valence-electron chi connectivity index (χ3n) is 12.7. The first-order chi connectivity index (χ1) is 33.5. The van der Waals surface area contributed by atoms with E-state index in [1.807, 2.05) is 12.2 Å². The van der Waals surface area contributed by atoms with Gasteiger partial charge in [0.05, 0.1) is 25.2 Å². The van der Waals surface area contributed by atoms with Gasteiger partial charge in [-0.05, 0) is 83.1 Å². The van der Waals surface area contributed by atoms with Gasteiger partial charge in [0.15, 0.2) is 0 Å². The van der Waals surface area contributed by atoms with E-state index in [9.17, 15) is 19.8 Å². The van der Waals surface area contributed by atoms with Crippen LogP contribution in [0.4, 0.5) is 0 Å². The van der Waals surface area contributed by atoms with Gasteiger partial charge < -0.3 is 20.3 Å². The van der Waals surface area contributed by atoms with Crippen LogP contribution < -0.4 is 5.32 Å². The molecule has 0 rings (SSSR count). The number of nitrogens with one attached hydrogen (secondary N) is 1. The van der Waals surface area contributed by atoms with Crippen LogP contribution in [0.15, 0.2) is 85.1 Å². The molecule has 392 valence electrons. The van der Waals surface area contributed by atoms with Gasteiger partial charge in [-0.1, -0.05) is 260 Å². The molecule has 3 N–H and O–H groups in total. The van der Waals surface area contributed by atoms with Crippen LogP contribution in [-0.4, -0.2) is 46.9 Å². The lowest BCUT2D eigenvalue weighted by atomic mass is 10.0. The van der Waals surface area contributed by atoms with Crippen LogP contribution in [0.1, 0.15) is 271 Å². The number of esters is 1. The number of hydrogen-bond donors (Lipinski definition) is 3. The number of carbonyl (C=O) groups is 2. The summed E-state index contributed by atoms with van der Waals surface area (Å²) in [7, 11) is 0. The lowest BCUT2D eigenvalue weighted by Crippen LogP contribution is -2.46. The van der Waals surface area contributed by atoms with Crippen molar-refractivity contribution in [2.24, 2.45) is 0 Å². The van der Waals surface area contributed by atoms with Crippen molar-refractivity contribution in [3.63, 3.8) is 0 Å². The van der Waals surface area contributed by atoms with E-state index in [1.54, 1.807) is 0 Å². The molecule has 3 atom stereocenters. The van der Waals surface area contributed by atoms with Crippen molar-refractivity contribution in [1.82, 2.24) is 5.32 Å². The molecule has 1 amide bonds. The second-order valence-electron chi connectivity index (χ2n) is 19.3. The summed E-state index contributed by atoms with van der Waals surface area (Å²) in [4.78, 5) is 26.2. The van der Waals surface area contributed by atoms with E-state index >= 15 is 0 Å². The minimum absolute atomic E-state index is 0.0503. The average molecular weight is 949 g/mol. The summed E-state index contributed by atoms with van der Waals surface area (Å²) in [6, 6.07) is -0.747. The fraction of sp³-hybridized carbons (Fsp3) is 0.742. The predicted molar refractivity (Wildman–Crippen MR) is 296 cm³/mol. The van der Waals surface area contributed by atoms with Crippen molar-refractivity contribution in [3.8, 4) is 0 Å². The highest BCUT2D eigenvalue weighted by Crippen LogP contribution is 2.16. The van der Waals surface area contributed by atoms with Crippen LogP contribution in [0, 0.1) is 0 Å². The van der Waals surface area contributed by atoms with E-state index in [1.165, 1.54) is 154 Å². The predicted octanol–water partition coefficient (Wildman–Crippen LogP) is 17.9. The number of aliphatic hydroxyl groups excluding tert-OH is 2. The Balaban J connectivity index is 4.71. The fourth-order valence-corrected chi connectivity index (χ4v) is 8.36. The van der Waals surface area contributed by atoms with Crippen molar-refractivity contribution < 1.29 is 24.5 Å². The van der Waals surface area contributed by atoms with Crippen LogP contribution in [-0.2, 0) is 14.3 Å². The van der Waals surface area contributed by atoms with Gasteiger partial charge in [0.2, 0.25) is 5.91 Å². The molecule has 68 heavy (non-hydrogen) atoms. The molecular weight excluding hydrogens is 839 g/mol. The van der Waals surface area contributed by atoms with Gasteiger partial charge in [-0.25, -0.2) is 0 Å². The maximum atomic E-state index is 13.2. The van der Waals surface area contributed by atoms with Crippen LogP contribution in [0.25, 0.3) is 0 Å². The third-order valence-corrected chi connectivity index (χ3v) is 12.7. The average Bonchev–Trinajstić information content (AvgIpc) is 3.33. The SMILES string of the molecule is CC/C=C\C/C=C\C/C=C\C/C=C\C/C=C\C/C=C\C(CC(=O)NC(CO)C(O)CCCCCCCCCCCCCCC)OC(=O)CCCCCCCCCCC/C=C/CCCCCCCC. The second kappa shape index (κ2) is 55.0. The van der Waals surface area contributed by atoms with E-state index < -0.39 is 18.2 Å². The number of rotatable bonds is 51. The number of hydrogen-bond acceptors (Lipinski definition) is 5. The van der Waals surface area contributed by atoms with E-state index in [0.717, 1.165) is 70.6 Å². The van der Waals surface area contributed by atoms with Crippen LogP contribution in [0.3, 0.4) is 0 Å². The van der Waals surface area contributed by atoms with Gasteiger partial charge >= 0.3 is 5.97 Å². The minimum atomic E-state index is -0.824. The maximum absolute atomic E-state index is 13.2. The Bertz CT molecular complexity index is 1290. The van der Waals surface area contributed by atoms with Crippen molar-refractivity contribution >= 4 is 11.9 Å². The van der Waals surface area contributed by atoms with Gasteiger partial charge in [0, 0.05) is 6.42 Å². The molecule has 0 saturated carbocycles. The Kier molecular flexibility index (Phi) is 52.6. The van der Waals surface area contributed by atoms with Crippen LogP contribution in [0.5, 0.6) is 0 Å². The van der Waals surface area contributed by atoms with Crippen molar-refractivity contribution in [2.75, 3.05) is 6.61 Å². The molecule has 6 heteroatoms. The normalized spacial score (nSPS) is 13.8. The first-order valence-electron chi connectivity index (χ1n) is 28.8. The summed E-state index contributed by atoms with van der Waals surface area (Å²) < 4.78 is 5.85. The van der Waals surface area contributed by atoms with Gasteiger partial charge in [-0.3, -0.25) is 9.59 Å². The molecule has 0 aromatic rings. The highest BCUT2D eigenvalue weighted by Gasteiger charge is 2.23. The van der Waals surface area contributed by atoms with E-state index in [0.29, 0.717) is 19.3 Å². The second-order valence-corrected chi connectivity index (χ2v) is 19.3. The van der Waals surface area contributed by atoms with Crippen LogP contribution >= 0.6 is 0 Å². The molecular formula is C62H109NO5. The highest BCUT2D eigenvalue weighted by atomic mass is 16.5. The molecule has 0 fully saturated rings. The molecule has 0 heterocycles. The number of ether oxygens (including phenoxy) is 1. The number of unbranched alkanes of at least 4 members (excludes halogenated alkanes) is 27. The van der Waals surface area contributed by atoms with E-state index in [2.05, 4.69) is 99.0 Å². The molecule has 0 radical (unpaired) electrons. The van der Waals surface area contributed by atoms with E-state index in [4.69, 9.17) is 4.74 Å². The molecule has 0 aliphatic rings. The standard InChI is InChI=1S/C62H109NO5/c1-4-7-10-13-16-19-22-25-27-29-30-32-34-37-40-43-46-49-52-55-62(67)68-58(53-50-47-44-41-38-36-33-31-28-26-23-20-17-14-11-8-5-2)56-61(66)63-59(57-64)60(65)54-51-48-45-42-39-35-24-21-18-15-12-9-6-3/h8,11,17,20,25-28,33,36,41,44,50,53,58-60,64-65H,4-7,9-10,12-16,18-19,21-24,29-32,34-35,37-40,42-43,45-49,51-52,54-57H2,1-3H3,(H,63,66)/b11-8-,20-17-,27-25+,28-26-,36-33-,44-41-,53-50-. The fourth-order valence-electron chi connectivity index (χ4n) is 8.36. The Hall–Kier alpha value is -2.96. The zero-order valence-electron chi connectivity index (χ0n) is 44.7. The molecule has 0 aliphatic heterocycles. The summed E-state index contributed by atoms with van der Waals surface area (Å²) in [6.07, 6.45) is 72.5. The highest BCUT2D eigenvalue weighted by molar-refractivity contribution is 5.78. The Morgan fingerprint density at radius 1 is 0.456 bits per heavy atom. The lowest BCUT2D eigenvalue weighted by molar-refractivity contribution is -0.148. The molecule has 0 aromatic heterocycles. The number of allylic oxidation sites excluding steroid dienone is 13. The molecule has 6 nitrogen and oxygen atoms in total. The smallest absolute Gasteiger partial charge is 0.306 e. The molecule has 0 aromatic carbocycles.